The van der Waals surface area contributed by atoms with E-state index in [2.05, 4.69) is 22.8 Å². The highest BCUT2D eigenvalue weighted by atomic mass is 32.2. The molecule has 0 radical (unpaired) electrons. The molecule has 0 saturated heterocycles. The average Bonchev–Trinajstić information content (AvgIpc) is 3.06. The van der Waals surface area contributed by atoms with Crippen LogP contribution >= 0.6 is 11.8 Å². The van der Waals surface area contributed by atoms with Gasteiger partial charge >= 0.3 is 0 Å². The molecule has 0 saturated carbocycles. The summed E-state index contributed by atoms with van der Waals surface area (Å²) in [7, 11) is 0. The Bertz CT molecular complexity index is 638. The number of nitriles is 1. The summed E-state index contributed by atoms with van der Waals surface area (Å²) in [6, 6.07) is 4.06. The molecule has 2 rings (SSSR count). The summed E-state index contributed by atoms with van der Waals surface area (Å²) >= 11 is 1.66. The zero-order valence-corrected chi connectivity index (χ0v) is 12.9. The molecule has 2 heterocycles. The standard InChI is InChI=1S/C15H18N4OS/c1-3-9-19-14(13-7-10-20-12(13)2)17-18-15(19)21-11-6-4-5-8-16/h3,7,10H,1,4-6,9,11H2,2H3. The van der Waals surface area contributed by atoms with Gasteiger partial charge in [-0.05, 0) is 25.8 Å². The van der Waals surface area contributed by atoms with Gasteiger partial charge in [0.25, 0.3) is 0 Å². The van der Waals surface area contributed by atoms with Gasteiger partial charge in [-0.1, -0.05) is 17.8 Å². The second kappa shape index (κ2) is 7.70. The lowest BCUT2D eigenvalue weighted by atomic mass is 10.2. The van der Waals surface area contributed by atoms with E-state index in [9.17, 15) is 0 Å². The van der Waals surface area contributed by atoms with E-state index in [0.29, 0.717) is 13.0 Å². The minimum absolute atomic E-state index is 0.610. The molecule has 6 heteroatoms. The van der Waals surface area contributed by atoms with Crippen molar-refractivity contribution in [3.8, 4) is 17.5 Å². The van der Waals surface area contributed by atoms with E-state index in [4.69, 9.17) is 9.68 Å². The van der Waals surface area contributed by atoms with Crippen molar-refractivity contribution >= 4 is 11.8 Å². The van der Waals surface area contributed by atoms with Crippen LogP contribution in [0, 0.1) is 18.3 Å². The Balaban J connectivity index is 2.12. The highest BCUT2D eigenvalue weighted by Gasteiger charge is 2.16. The summed E-state index contributed by atoms with van der Waals surface area (Å²) in [5.74, 6) is 2.57. The third-order valence-corrected chi connectivity index (χ3v) is 4.10. The smallest absolute Gasteiger partial charge is 0.191 e. The molecule has 0 fully saturated rings. The first-order valence-electron chi connectivity index (χ1n) is 6.86. The Kier molecular flexibility index (Phi) is 5.64. The van der Waals surface area contributed by atoms with E-state index in [1.165, 1.54) is 0 Å². The molecule has 110 valence electrons. The number of hydrogen-bond donors (Lipinski definition) is 0. The molecule has 0 aromatic carbocycles. The summed E-state index contributed by atoms with van der Waals surface area (Å²) in [5, 5.41) is 18.0. The van der Waals surface area contributed by atoms with Crippen LogP contribution in [0.25, 0.3) is 11.4 Å². The number of furan rings is 1. The van der Waals surface area contributed by atoms with Crippen LogP contribution in [0.5, 0.6) is 0 Å². The maximum atomic E-state index is 8.53. The zero-order valence-electron chi connectivity index (χ0n) is 12.1. The predicted molar refractivity (Wildman–Crippen MR) is 82.8 cm³/mol. The van der Waals surface area contributed by atoms with Gasteiger partial charge in [-0.2, -0.15) is 5.26 Å². The van der Waals surface area contributed by atoms with Gasteiger partial charge in [0, 0.05) is 18.7 Å². The molecule has 0 aliphatic rings. The summed E-state index contributed by atoms with van der Waals surface area (Å²) in [6.45, 7) is 6.37. The van der Waals surface area contributed by atoms with Gasteiger partial charge in [-0.25, -0.2) is 0 Å². The molecule has 2 aromatic rings. The van der Waals surface area contributed by atoms with Crippen molar-refractivity contribution in [3.05, 3.63) is 30.7 Å². The molecule has 21 heavy (non-hydrogen) atoms. The van der Waals surface area contributed by atoms with Crippen LogP contribution < -0.4 is 0 Å². The number of allylic oxidation sites excluding steroid dienone is 1. The van der Waals surface area contributed by atoms with Crippen LogP contribution in [-0.2, 0) is 6.54 Å². The van der Waals surface area contributed by atoms with Crippen molar-refractivity contribution in [2.45, 2.75) is 37.9 Å². The first-order valence-corrected chi connectivity index (χ1v) is 7.84. The third-order valence-electron chi connectivity index (χ3n) is 3.04. The third kappa shape index (κ3) is 3.76. The van der Waals surface area contributed by atoms with E-state index >= 15 is 0 Å². The van der Waals surface area contributed by atoms with Crippen LogP contribution in [0.3, 0.4) is 0 Å². The molecular formula is C15H18N4OS. The van der Waals surface area contributed by atoms with Gasteiger partial charge in [0.05, 0.1) is 17.9 Å². The summed E-state index contributed by atoms with van der Waals surface area (Å²) < 4.78 is 7.38. The number of hydrogen-bond acceptors (Lipinski definition) is 5. The molecule has 0 aliphatic carbocycles. The number of unbranched alkanes of at least 4 members (excludes halogenated alkanes) is 2. The van der Waals surface area contributed by atoms with Crippen LogP contribution in [0.15, 0.2) is 34.6 Å². The molecule has 0 amide bonds. The molecule has 0 unspecified atom stereocenters. The number of nitrogens with zero attached hydrogens (tertiary/aromatic N) is 4. The van der Waals surface area contributed by atoms with Crippen molar-refractivity contribution in [3.63, 3.8) is 0 Å². The summed E-state index contributed by atoms with van der Waals surface area (Å²) in [6.07, 6.45) is 6.03. The minimum Gasteiger partial charge on any atom is -0.469 e. The molecule has 5 nitrogen and oxygen atoms in total. The minimum atomic E-state index is 0.610. The topological polar surface area (TPSA) is 67.6 Å². The van der Waals surface area contributed by atoms with E-state index < -0.39 is 0 Å². The van der Waals surface area contributed by atoms with Crippen molar-refractivity contribution in [2.75, 3.05) is 5.75 Å². The van der Waals surface area contributed by atoms with Gasteiger partial charge in [-0.15, -0.1) is 16.8 Å². The van der Waals surface area contributed by atoms with E-state index in [1.54, 1.807) is 18.0 Å². The fourth-order valence-electron chi connectivity index (χ4n) is 1.97. The zero-order chi connectivity index (χ0) is 15.1. The van der Waals surface area contributed by atoms with Gasteiger partial charge in [0.15, 0.2) is 11.0 Å². The maximum absolute atomic E-state index is 8.53. The number of rotatable bonds is 8. The van der Waals surface area contributed by atoms with Crippen LogP contribution in [0.4, 0.5) is 0 Å². The quantitative estimate of drug-likeness (QED) is 0.421. The Hall–Kier alpha value is -2.00. The fraction of sp³-hybridized carbons (Fsp3) is 0.400. The van der Waals surface area contributed by atoms with Crippen molar-refractivity contribution < 1.29 is 4.42 Å². The molecule has 0 aliphatic heterocycles. The van der Waals surface area contributed by atoms with Gasteiger partial charge in [0.1, 0.15) is 5.76 Å². The molecule has 2 aromatic heterocycles. The predicted octanol–water partition coefficient (Wildman–Crippen LogP) is 3.82. The summed E-state index contributed by atoms with van der Waals surface area (Å²) in [5.41, 5.74) is 0.959. The van der Waals surface area contributed by atoms with E-state index in [-0.39, 0.29) is 0 Å². The number of thioether (sulfide) groups is 1. The molecular weight excluding hydrogens is 284 g/mol. The van der Waals surface area contributed by atoms with Crippen molar-refractivity contribution in [1.29, 1.82) is 5.26 Å². The largest absolute Gasteiger partial charge is 0.469 e. The van der Waals surface area contributed by atoms with Gasteiger partial charge in [0.2, 0.25) is 0 Å². The van der Waals surface area contributed by atoms with Gasteiger partial charge in [-0.3, -0.25) is 4.57 Å². The van der Waals surface area contributed by atoms with Gasteiger partial charge < -0.3 is 4.42 Å². The number of aromatic nitrogens is 3. The van der Waals surface area contributed by atoms with Crippen LogP contribution in [-0.4, -0.2) is 20.5 Å². The lowest BCUT2D eigenvalue weighted by Gasteiger charge is -2.06. The second-order valence-electron chi connectivity index (χ2n) is 4.56. The lowest BCUT2D eigenvalue weighted by molar-refractivity contribution is 0.534. The SMILES string of the molecule is C=CCn1c(SCCCCC#N)nnc1-c1ccoc1C. The lowest BCUT2D eigenvalue weighted by Crippen LogP contribution is -2.01. The Morgan fingerprint density at radius 1 is 1.48 bits per heavy atom. The van der Waals surface area contributed by atoms with E-state index in [0.717, 1.165) is 40.9 Å². The molecule has 0 bridgehead atoms. The van der Waals surface area contributed by atoms with Crippen molar-refractivity contribution in [2.24, 2.45) is 0 Å². The Morgan fingerprint density at radius 2 is 2.33 bits per heavy atom. The van der Waals surface area contributed by atoms with Crippen LogP contribution in [0.1, 0.15) is 25.0 Å². The molecule has 0 N–H and O–H groups in total. The van der Waals surface area contributed by atoms with E-state index in [1.807, 2.05) is 23.6 Å². The molecule has 0 spiro atoms. The highest BCUT2D eigenvalue weighted by Crippen LogP contribution is 2.27. The second-order valence-corrected chi connectivity index (χ2v) is 5.62. The molecule has 0 atom stereocenters. The number of aryl methyl sites for hydroxylation is 1. The Labute approximate surface area is 128 Å². The normalized spacial score (nSPS) is 10.5. The monoisotopic (exact) mass is 302 g/mol. The average molecular weight is 302 g/mol. The maximum Gasteiger partial charge on any atom is 0.191 e. The fourth-order valence-corrected chi connectivity index (χ4v) is 2.92. The van der Waals surface area contributed by atoms with Crippen LogP contribution in [0.2, 0.25) is 0 Å². The summed E-state index contributed by atoms with van der Waals surface area (Å²) in [4.78, 5) is 0. The Morgan fingerprint density at radius 3 is 3.00 bits per heavy atom. The first kappa shape index (κ1) is 15.4. The highest BCUT2D eigenvalue weighted by molar-refractivity contribution is 7.99. The first-order chi connectivity index (χ1) is 10.3. The van der Waals surface area contributed by atoms with Crippen molar-refractivity contribution in [1.82, 2.24) is 14.8 Å².